The highest BCUT2D eigenvalue weighted by molar-refractivity contribution is 6.34. The van der Waals surface area contributed by atoms with Gasteiger partial charge in [-0.25, -0.2) is 0 Å². The van der Waals surface area contributed by atoms with Gasteiger partial charge < -0.3 is 11.5 Å². The minimum atomic E-state index is 0.230. The predicted octanol–water partition coefficient (Wildman–Crippen LogP) is 1.57. The summed E-state index contributed by atoms with van der Waals surface area (Å²) in [5.74, 6) is 0. The average Bonchev–Trinajstić information content (AvgIpc) is 2.00. The smallest absolute Gasteiger partial charge is 0.0679 e. The minimum absolute atomic E-state index is 0.230. The van der Waals surface area contributed by atoms with Gasteiger partial charge in [0.05, 0.1) is 23.2 Å². The quantitative estimate of drug-likeness (QED) is 0.646. The molecule has 0 aliphatic heterocycles. The largest absolute Gasteiger partial charge is 0.399 e. The Morgan fingerprint density at radius 1 is 1.42 bits per heavy atom. The first-order valence-corrected chi connectivity index (χ1v) is 3.73. The fourth-order valence-corrected chi connectivity index (χ4v) is 1.12. The van der Waals surface area contributed by atoms with Crippen LogP contribution in [-0.2, 0) is 6.42 Å². The molecule has 0 saturated heterocycles. The van der Waals surface area contributed by atoms with Crippen molar-refractivity contribution >= 4 is 23.0 Å². The van der Waals surface area contributed by atoms with E-state index in [1.165, 1.54) is 0 Å². The molecule has 0 aliphatic rings. The second-order valence-corrected chi connectivity index (χ2v) is 2.80. The molecule has 62 valence electrons. The molecule has 1 aromatic carbocycles. The topological polar surface area (TPSA) is 75.8 Å². The van der Waals surface area contributed by atoms with Gasteiger partial charge in [0.2, 0.25) is 0 Å². The van der Waals surface area contributed by atoms with Crippen LogP contribution in [-0.4, -0.2) is 0 Å². The molecule has 1 aromatic rings. The molecule has 4 N–H and O–H groups in total. The summed E-state index contributed by atoms with van der Waals surface area (Å²) in [4.78, 5) is 0. The number of nitriles is 1. The first-order chi connectivity index (χ1) is 5.65. The zero-order chi connectivity index (χ0) is 9.14. The van der Waals surface area contributed by atoms with Crippen molar-refractivity contribution in [1.29, 1.82) is 5.26 Å². The van der Waals surface area contributed by atoms with Crippen molar-refractivity contribution in [2.24, 2.45) is 0 Å². The maximum Gasteiger partial charge on any atom is 0.0679 e. The van der Waals surface area contributed by atoms with Gasteiger partial charge in [-0.15, -0.1) is 0 Å². The van der Waals surface area contributed by atoms with E-state index in [4.69, 9.17) is 28.3 Å². The molecule has 0 amide bonds. The maximum atomic E-state index is 8.44. The average molecular weight is 182 g/mol. The Bertz CT molecular complexity index is 341. The molecular formula is C8H8ClN3. The number of nitrogen functional groups attached to an aromatic ring is 2. The Labute approximate surface area is 75.5 Å². The highest BCUT2D eigenvalue weighted by atomic mass is 35.5. The van der Waals surface area contributed by atoms with Crippen molar-refractivity contribution in [1.82, 2.24) is 0 Å². The standard InChI is InChI=1S/C8H8ClN3/c9-8-5(1-2-10)3-6(11)4-7(8)12/h3-4H,1,11-12H2. The van der Waals surface area contributed by atoms with Gasteiger partial charge in [-0.3, -0.25) is 0 Å². The van der Waals surface area contributed by atoms with Crippen molar-refractivity contribution in [2.45, 2.75) is 6.42 Å². The zero-order valence-corrected chi connectivity index (χ0v) is 7.10. The Balaban J connectivity index is 3.20. The fourth-order valence-electron chi connectivity index (χ4n) is 0.948. The Morgan fingerprint density at radius 2 is 2.08 bits per heavy atom. The van der Waals surface area contributed by atoms with Crippen LogP contribution in [0.4, 0.5) is 11.4 Å². The van der Waals surface area contributed by atoms with Crippen LogP contribution in [0, 0.1) is 11.3 Å². The first-order valence-electron chi connectivity index (χ1n) is 3.35. The molecule has 0 spiro atoms. The van der Waals surface area contributed by atoms with E-state index in [1.807, 2.05) is 6.07 Å². The SMILES string of the molecule is N#CCc1cc(N)cc(N)c1Cl. The molecule has 0 heterocycles. The number of rotatable bonds is 1. The first kappa shape index (κ1) is 8.69. The van der Waals surface area contributed by atoms with Gasteiger partial charge in [0.25, 0.3) is 0 Å². The number of nitrogens with zero attached hydrogens (tertiary/aromatic N) is 1. The van der Waals surface area contributed by atoms with E-state index in [2.05, 4.69) is 0 Å². The molecule has 12 heavy (non-hydrogen) atoms. The number of hydrogen-bond acceptors (Lipinski definition) is 3. The maximum absolute atomic E-state index is 8.44. The summed E-state index contributed by atoms with van der Waals surface area (Å²) in [5, 5.41) is 8.86. The number of nitrogens with two attached hydrogens (primary N) is 2. The van der Waals surface area contributed by atoms with E-state index in [0.717, 1.165) is 0 Å². The lowest BCUT2D eigenvalue weighted by Gasteiger charge is -2.04. The van der Waals surface area contributed by atoms with Gasteiger partial charge >= 0.3 is 0 Å². The van der Waals surface area contributed by atoms with Gasteiger partial charge in [-0.1, -0.05) is 11.6 Å². The highest BCUT2D eigenvalue weighted by Gasteiger charge is 2.04. The molecule has 4 heteroatoms. The molecular weight excluding hydrogens is 174 g/mol. The Morgan fingerprint density at radius 3 is 2.67 bits per heavy atom. The van der Waals surface area contributed by atoms with Crippen LogP contribution in [0.15, 0.2) is 12.1 Å². The van der Waals surface area contributed by atoms with Crippen LogP contribution in [0.1, 0.15) is 5.56 Å². The Kier molecular flexibility index (Phi) is 2.41. The number of hydrogen-bond donors (Lipinski definition) is 2. The number of benzene rings is 1. The zero-order valence-electron chi connectivity index (χ0n) is 6.34. The Hall–Kier alpha value is -1.40. The summed E-state index contributed by atoms with van der Waals surface area (Å²) >= 11 is 5.81. The number of halogens is 1. The summed E-state index contributed by atoms with van der Waals surface area (Å²) in [5.41, 5.74) is 12.7. The third-order valence-electron chi connectivity index (χ3n) is 1.47. The minimum Gasteiger partial charge on any atom is -0.399 e. The van der Waals surface area contributed by atoms with Crippen molar-refractivity contribution in [2.75, 3.05) is 11.5 Å². The number of anilines is 2. The van der Waals surface area contributed by atoms with Gasteiger partial charge in [0, 0.05) is 5.69 Å². The van der Waals surface area contributed by atoms with Crippen LogP contribution in [0.25, 0.3) is 0 Å². The third-order valence-corrected chi connectivity index (χ3v) is 1.93. The van der Waals surface area contributed by atoms with Gasteiger partial charge in [0.15, 0.2) is 0 Å². The highest BCUT2D eigenvalue weighted by Crippen LogP contribution is 2.26. The van der Waals surface area contributed by atoms with Crippen LogP contribution in [0.5, 0.6) is 0 Å². The van der Waals surface area contributed by atoms with Gasteiger partial charge in [0.1, 0.15) is 0 Å². The van der Waals surface area contributed by atoms with E-state index in [1.54, 1.807) is 12.1 Å². The van der Waals surface area contributed by atoms with Crippen LogP contribution >= 0.6 is 11.6 Å². The molecule has 0 bridgehead atoms. The predicted molar refractivity (Wildman–Crippen MR) is 49.6 cm³/mol. The van der Waals surface area contributed by atoms with Crippen LogP contribution in [0.2, 0.25) is 5.02 Å². The van der Waals surface area contributed by atoms with Crippen molar-refractivity contribution in [3.05, 3.63) is 22.7 Å². The summed E-state index contributed by atoms with van der Waals surface area (Å²) in [6.07, 6.45) is 0.230. The van der Waals surface area contributed by atoms with Crippen molar-refractivity contribution in [3.63, 3.8) is 0 Å². The molecule has 0 fully saturated rings. The molecule has 0 aliphatic carbocycles. The molecule has 3 nitrogen and oxygen atoms in total. The van der Waals surface area contributed by atoms with E-state index < -0.39 is 0 Å². The summed E-state index contributed by atoms with van der Waals surface area (Å²) in [6, 6.07) is 5.21. The van der Waals surface area contributed by atoms with Gasteiger partial charge in [-0.2, -0.15) is 5.26 Å². The van der Waals surface area contributed by atoms with E-state index in [9.17, 15) is 0 Å². The van der Waals surface area contributed by atoms with Gasteiger partial charge in [-0.05, 0) is 17.7 Å². The third kappa shape index (κ3) is 1.60. The molecule has 0 radical (unpaired) electrons. The molecule has 0 atom stereocenters. The normalized spacial score (nSPS) is 9.33. The summed E-state index contributed by atoms with van der Waals surface area (Å²) in [6.45, 7) is 0. The van der Waals surface area contributed by atoms with Crippen LogP contribution in [0.3, 0.4) is 0 Å². The second kappa shape index (κ2) is 3.33. The lowest BCUT2D eigenvalue weighted by Crippen LogP contribution is -1.95. The van der Waals surface area contributed by atoms with Crippen LogP contribution < -0.4 is 11.5 Å². The summed E-state index contributed by atoms with van der Waals surface area (Å²) < 4.78 is 0. The lowest BCUT2D eigenvalue weighted by atomic mass is 10.1. The molecule has 0 saturated carbocycles. The van der Waals surface area contributed by atoms with E-state index in [0.29, 0.717) is 22.0 Å². The molecule has 1 rings (SSSR count). The lowest BCUT2D eigenvalue weighted by molar-refractivity contribution is 1.27. The van der Waals surface area contributed by atoms with E-state index in [-0.39, 0.29) is 6.42 Å². The molecule has 0 unspecified atom stereocenters. The second-order valence-electron chi connectivity index (χ2n) is 2.42. The van der Waals surface area contributed by atoms with Crippen molar-refractivity contribution < 1.29 is 0 Å². The van der Waals surface area contributed by atoms with E-state index >= 15 is 0 Å². The monoisotopic (exact) mass is 181 g/mol. The molecule has 0 aromatic heterocycles. The summed E-state index contributed by atoms with van der Waals surface area (Å²) in [7, 11) is 0. The van der Waals surface area contributed by atoms with Crippen molar-refractivity contribution in [3.8, 4) is 6.07 Å². The fraction of sp³-hybridized carbons (Fsp3) is 0.125.